The second-order valence-corrected chi connectivity index (χ2v) is 10.3. The van der Waals surface area contributed by atoms with Crippen molar-refractivity contribution >= 4 is 10.9 Å². The molecule has 40 heavy (non-hydrogen) atoms. The van der Waals surface area contributed by atoms with E-state index in [2.05, 4.69) is 75.7 Å². The number of ether oxygens (including phenoxy) is 1. The van der Waals surface area contributed by atoms with Crippen molar-refractivity contribution in [2.45, 2.75) is 59.3 Å². The molecule has 3 aromatic carbocycles. The molecule has 0 unspecified atom stereocenters. The highest BCUT2D eigenvalue weighted by Gasteiger charge is 2.26. The van der Waals surface area contributed by atoms with E-state index in [-0.39, 0.29) is 11.6 Å². The van der Waals surface area contributed by atoms with E-state index in [0.717, 1.165) is 46.4 Å². The van der Waals surface area contributed by atoms with Crippen LogP contribution in [0.1, 0.15) is 53.0 Å². The molecule has 2 heterocycles. The lowest BCUT2D eigenvalue weighted by atomic mass is 10.0. The first-order valence-corrected chi connectivity index (χ1v) is 13.7. The molecule has 8 nitrogen and oxygen atoms in total. The van der Waals surface area contributed by atoms with Gasteiger partial charge >= 0.3 is 0 Å². The maximum Gasteiger partial charge on any atom is 0.252 e. The van der Waals surface area contributed by atoms with Crippen LogP contribution in [0.4, 0.5) is 0 Å². The molecule has 0 saturated heterocycles. The first kappa shape index (κ1) is 27.3. The maximum absolute atomic E-state index is 13.3. The van der Waals surface area contributed by atoms with E-state index < -0.39 is 0 Å². The highest BCUT2D eigenvalue weighted by atomic mass is 16.5. The number of tetrazole rings is 1. The van der Waals surface area contributed by atoms with Gasteiger partial charge in [0.05, 0.1) is 18.7 Å². The Morgan fingerprint density at radius 3 is 2.48 bits per heavy atom. The number of aromatic nitrogens is 5. The molecule has 5 rings (SSSR count). The molecule has 8 heteroatoms. The lowest BCUT2D eigenvalue weighted by Gasteiger charge is -2.30. The zero-order valence-electron chi connectivity index (χ0n) is 23.6. The number of aromatic amines is 1. The van der Waals surface area contributed by atoms with Gasteiger partial charge in [0.25, 0.3) is 5.56 Å². The fourth-order valence-corrected chi connectivity index (χ4v) is 5.40. The van der Waals surface area contributed by atoms with Crippen LogP contribution in [0, 0.1) is 13.8 Å². The van der Waals surface area contributed by atoms with E-state index in [1.165, 1.54) is 11.1 Å². The number of benzene rings is 3. The van der Waals surface area contributed by atoms with Gasteiger partial charge in [0, 0.05) is 25.2 Å². The van der Waals surface area contributed by atoms with Crippen LogP contribution in [0.2, 0.25) is 0 Å². The van der Waals surface area contributed by atoms with Gasteiger partial charge in [-0.15, -0.1) is 5.10 Å². The Bertz CT molecular complexity index is 1630. The number of aryl methyl sites for hydroxylation is 4. The molecular weight excluding hydrogens is 500 g/mol. The predicted octanol–water partition coefficient (Wildman–Crippen LogP) is 5.54. The molecule has 1 atom stereocenters. The number of fused-ring (bicyclic) bond motifs is 1. The second kappa shape index (κ2) is 12.3. The van der Waals surface area contributed by atoms with Crippen molar-refractivity contribution in [3.8, 4) is 5.75 Å². The van der Waals surface area contributed by atoms with Crippen LogP contribution in [0.15, 0.2) is 77.6 Å². The molecule has 2 aromatic heterocycles. The molecule has 0 fully saturated rings. The zero-order chi connectivity index (χ0) is 28.1. The molecule has 5 aromatic rings. The van der Waals surface area contributed by atoms with Crippen LogP contribution < -0.4 is 10.3 Å². The third kappa shape index (κ3) is 6.13. The fourth-order valence-electron chi connectivity index (χ4n) is 5.40. The lowest BCUT2D eigenvalue weighted by molar-refractivity contribution is 0.160. The number of methoxy groups -OCH3 is 1. The Kier molecular flexibility index (Phi) is 8.36. The maximum atomic E-state index is 13.3. The minimum absolute atomic E-state index is 0.0716. The fraction of sp³-hybridized carbons (Fsp3) is 0.312. The minimum atomic E-state index is -0.0952. The van der Waals surface area contributed by atoms with Crippen molar-refractivity contribution < 1.29 is 4.74 Å². The third-order valence-corrected chi connectivity index (χ3v) is 7.43. The summed E-state index contributed by atoms with van der Waals surface area (Å²) in [4.78, 5) is 18.8. The number of nitrogens with one attached hydrogen (secondary N) is 1. The molecule has 0 saturated carbocycles. The van der Waals surface area contributed by atoms with Crippen molar-refractivity contribution in [3.63, 3.8) is 0 Å². The standard InChI is InChI=1S/C32H36N6O2/c1-5-29(31-34-35-36-38(31)16-15-24-9-7-6-8-10-24)37(20-25-11-13-28(40-4)14-12-25)21-27-19-26-18-22(2)17-23(3)30(26)33-32(27)39/h6-14,17-19,29H,5,15-16,20-21H2,1-4H3,(H,33,39)/t29-/m1/s1. The average Bonchev–Trinajstić information content (AvgIpc) is 3.42. The summed E-state index contributed by atoms with van der Waals surface area (Å²) in [5.41, 5.74) is 6.12. The average molecular weight is 537 g/mol. The first-order chi connectivity index (χ1) is 19.4. The Labute approximate surface area is 234 Å². The van der Waals surface area contributed by atoms with Gasteiger partial charge in [-0.3, -0.25) is 9.69 Å². The Morgan fingerprint density at radius 2 is 1.75 bits per heavy atom. The number of hydrogen-bond donors (Lipinski definition) is 1. The number of nitrogens with zero attached hydrogens (tertiary/aromatic N) is 5. The van der Waals surface area contributed by atoms with Crippen LogP contribution in [0.25, 0.3) is 10.9 Å². The summed E-state index contributed by atoms with van der Waals surface area (Å²) in [7, 11) is 1.67. The van der Waals surface area contributed by atoms with E-state index in [0.29, 0.717) is 25.2 Å². The normalized spacial score (nSPS) is 12.2. The third-order valence-electron chi connectivity index (χ3n) is 7.43. The van der Waals surface area contributed by atoms with Crippen LogP contribution in [-0.2, 0) is 26.1 Å². The van der Waals surface area contributed by atoms with Crippen molar-refractivity contribution in [2.75, 3.05) is 7.11 Å². The smallest absolute Gasteiger partial charge is 0.252 e. The minimum Gasteiger partial charge on any atom is -0.497 e. The quantitative estimate of drug-likeness (QED) is 0.239. The van der Waals surface area contributed by atoms with E-state index in [9.17, 15) is 4.79 Å². The zero-order valence-corrected chi connectivity index (χ0v) is 23.6. The summed E-state index contributed by atoms with van der Waals surface area (Å²) in [6.07, 6.45) is 1.61. The number of pyridine rings is 1. The van der Waals surface area contributed by atoms with E-state index in [1.807, 2.05) is 48.0 Å². The van der Waals surface area contributed by atoms with Crippen molar-refractivity contribution in [3.05, 3.63) is 117 Å². The molecule has 1 N–H and O–H groups in total. The lowest BCUT2D eigenvalue weighted by Crippen LogP contribution is -2.32. The van der Waals surface area contributed by atoms with Crippen molar-refractivity contribution in [2.24, 2.45) is 0 Å². The number of H-pyrrole nitrogens is 1. The van der Waals surface area contributed by atoms with E-state index in [4.69, 9.17) is 4.74 Å². The number of rotatable bonds is 11. The van der Waals surface area contributed by atoms with Crippen LogP contribution in [-0.4, -0.2) is 37.2 Å². The molecular formula is C32H36N6O2. The van der Waals surface area contributed by atoms with Gasteiger partial charge in [-0.1, -0.05) is 61.0 Å². The van der Waals surface area contributed by atoms with E-state index >= 15 is 0 Å². The van der Waals surface area contributed by atoms with Gasteiger partial charge < -0.3 is 9.72 Å². The van der Waals surface area contributed by atoms with Crippen molar-refractivity contribution in [1.29, 1.82) is 0 Å². The Hall–Kier alpha value is -4.30. The monoisotopic (exact) mass is 536 g/mol. The summed E-state index contributed by atoms with van der Waals surface area (Å²) >= 11 is 0. The molecule has 206 valence electrons. The van der Waals surface area contributed by atoms with Crippen LogP contribution in [0.3, 0.4) is 0 Å². The highest BCUT2D eigenvalue weighted by molar-refractivity contribution is 5.82. The summed E-state index contributed by atoms with van der Waals surface area (Å²) in [6, 6.07) is 24.6. The number of hydrogen-bond acceptors (Lipinski definition) is 6. The predicted molar refractivity (Wildman–Crippen MR) is 157 cm³/mol. The highest BCUT2D eigenvalue weighted by Crippen LogP contribution is 2.28. The van der Waals surface area contributed by atoms with Crippen LogP contribution in [0.5, 0.6) is 5.75 Å². The Balaban J connectivity index is 1.49. The van der Waals surface area contributed by atoms with Gasteiger partial charge in [0.2, 0.25) is 0 Å². The van der Waals surface area contributed by atoms with Gasteiger partial charge in [-0.25, -0.2) is 4.68 Å². The molecule has 0 aliphatic heterocycles. The van der Waals surface area contributed by atoms with Gasteiger partial charge in [0.15, 0.2) is 5.82 Å². The molecule has 0 aliphatic carbocycles. The van der Waals surface area contributed by atoms with Gasteiger partial charge in [-0.05, 0) is 83.5 Å². The molecule has 0 spiro atoms. The first-order valence-electron chi connectivity index (χ1n) is 13.7. The molecule has 0 radical (unpaired) electrons. The summed E-state index contributed by atoms with van der Waals surface area (Å²) in [6.45, 7) is 8.00. The topological polar surface area (TPSA) is 88.9 Å². The second-order valence-electron chi connectivity index (χ2n) is 10.3. The molecule has 0 aliphatic rings. The summed E-state index contributed by atoms with van der Waals surface area (Å²) < 4.78 is 7.27. The summed E-state index contributed by atoms with van der Waals surface area (Å²) in [5.74, 6) is 1.61. The Morgan fingerprint density at radius 1 is 0.975 bits per heavy atom. The SMILES string of the molecule is CC[C@H](c1nnnn1CCc1ccccc1)N(Cc1ccc(OC)cc1)Cc1cc2cc(C)cc(C)c2[nH]c1=O. The molecule has 0 bridgehead atoms. The largest absolute Gasteiger partial charge is 0.497 e. The summed E-state index contributed by atoms with van der Waals surface area (Å²) in [5, 5.41) is 13.9. The van der Waals surface area contributed by atoms with E-state index in [1.54, 1.807) is 7.11 Å². The van der Waals surface area contributed by atoms with Gasteiger partial charge in [0.1, 0.15) is 5.75 Å². The van der Waals surface area contributed by atoms with Crippen molar-refractivity contribution in [1.82, 2.24) is 30.1 Å². The molecule has 0 amide bonds. The van der Waals surface area contributed by atoms with Crippen LogP contribution >= 0.6 is 0 Å². The van der Waals surface area contributed by atoms with Gasteiger partial charge in [-0.2, -0.15) is 0 Å².